The van der Waals surface area contributed by atoms with E-state index >= 15 is 0 Å². The first kappa shape index (κ1) is 19.5. The zero-order chi connectivity index (χ0) is 19.2. The lowest BCUT2D eigenvalue weighted by Crippen LogP contribution is -2.55. The number of carbonyl (C=O) groups excluding carboxylic acids is 1. The van der Waals surface area contributed by atoms with Crippen LogP contribution in [0.3, 0.4) is 0 Å². The maximum Gasteiger partial charge on any atom is 0.321 e. The van der Waals surface area contributed by atoms with Gasteiger partial charge < -0.3 is 19.7 Å². The van der Waals surface area contributed by atoms with Crippen molar-refractivity contribution in [3.05, 3.63) is 54.0 Å². The average Bonchev–Trinajstić information content (AvgIpc) is 3.17. The molecule has 146 valence electrons. The Morgan fingerprint density at radius 3 is 2.67 bits per heavy atom. The first-order chi connectivity index (χ1) is 13.1. The van der Waals surface area contributed by atoms with Crippen LogP contribution in [0.2, 0.25) is 0 Å². The van der Waals surface area contributed by atoms with Crippen LogP contribution >= 0.6 is 0 Å². The van der Waals surface area contributed by atoms with Crippen molar-refractivity contribution in [1.29, 1.82) is 0 Å². The normalized spacial score (nSPS) is 18.1. The highest BCUT2D eigenvalue weighted by Crippen LogP contribution is 2.20. The number of aliphatic hydroxyl groups excluding tert-OH is 1. The molecule has 1 saturated heterocycles. The van der Waals surface area contributed by atoms with Crippen LogP contribution in [0.5, 0.6) is 0 Å². The van der Waals surface area contributed by atoms with Crippen molar-refractivity contribution >= 4 is 11.7 Å². The lowest BCUT2D eigenvalue weighted by Gasteiger charge is -2.41. The van der Waals surface area contributed by atoms with E-state index in [1.165, 1.54) is 5.56 Å². The number of benzene rings is 1. The molecule has 2 N–H and O–H groups in total. The van der Waals surface area contributed by atoms with Gasteiger partial charge in [0.2, 0.25) is 0 Å². The van der Waals surface area contributed by atoms with E-state index in [9.17, 15) is 9.90 Å². The monoisotopic (exact) mass is 371 g/mol. The molecule has 2 heterocycles. The molecule has 0 radical (unpaired) electrons. The van der Waals surface area contributed by atoms with E-state index in [4.69, 9.17) is 4.42 Å². The van der Waals surface area contributed by atoms with Crippen molar-refractivity contribution < 1.29 is 14.3 Å². The van der Waals surface area contributed by atoms with Crippen molar-refractivity contribution in [3.8, 4) is 0 Å². The van der Waals surface area contributed by atoms with Gasteiger partial charge in [0.25, 0.3) is 0 Å². The lowest BCUT2D eigenvalue weighted by molar-refractivity contribution is 0.0717. The van der Waals surface area contributed by atoms with Gasteiger partial charge >= 0.3 is 6.03 Å². The Kier molecular flexibility index (Phi) is 6.53. The van der Waals surface area contributed by atoms with Crippen molar-refractivity contribution in [1.82, 2.24) is 9.80 Å². The van der Waals surface area contributed by atoms with E-state index in [1.807, 2.05) is 23.1 Å². The van der Waals surface area contributed by atoms with Gasteiger partial charge in [-0.15, -0.1) is 0 Å². The van der Waals surface area contributed by atoms with Crippen LogP contribution in [0.1, 0.15) is 37.3 Å². The standard InChI is InChI=1S/C21H29N3O3/c1-16(2)18-3-5-19(6-4-18)22-21(26)24-10-9-23(20(14-24)7-11-25)13-17-8-12-27-15-17/h3-6,8,12,15-16,20,25H,7,9-11,13-14H2,1-2H3,(H,22,26)/t20-/m0/s1. The summed E-state index contributed by atoms with van der Waals surface area (Å²) in [4.78, 5) is 16.8. The number of aliphatic hydroxyl groups is 1. The van der Waals surface area contributed by atoms with Gasteiger partial charge in [-0.3, -0.25) is 4.90 Å². The second-order valence-corrected chi connectivity index (χ2v) is 7.42. The van der Waals surface area contributed by atoms with Gasteiger partial charge in [0.15, 0.2) is 0 Å². The molecule has 6 nitrogen and oxygen atoms in total. The zero-order valence-electron chi connectivity index (χ0n) is 16.1. The third kappa shape index (κ3) is 5.11. The van der Waals surface area contributed by atoms with Crippen LogP contribution in [0.25, 0.3) is 0 Å². The van der Waals surface area contributed by atoms with Crippen LogP contribution in [-0.2, 0) is 6.54 Å². The first-order valence-electron chi connectivity index (χ1n) is 9.58. The van der Waals surface area contributed by atoms with Gasteiger partial charge in [0, 0.05) is 50.1 Å². The minimum atomic E-state index is -0.0850. The average molecular weight is 371 g/mol. The molecule has 1 aliphatic heterocycles. The van der Waals surface area contributed by atoms with Crippen molar-refractivity contribution in [2.24, 2.45) is 0 Å². The third-order valence-corrected chi connectivity index (χ3v) is 5.15. The Balaban J connectivity index is 1.59. The largest absolute Gasteiger partial charge is 0.472 e. The highest BCUT2D eigenvalue weighted by Gasteiger charge is 2.29. The summed E-state index contributed by atoms with van der Waals surface area (Å²) in [5.41, 5.74) is 3.17. The van der Waals surface area contributed by atoms with E-state index in [0.717, 1.165) is 24.3 Å². The molecule has 6 heteroatoms. The van der Waals surface area contributed by atoms with Gasteiger partial charge in [-0.25, -0.2) is 4.79 Å². The molecule has 27 heavy (non-hydrogen) atoms. The molecule has 1 aromatic heterocycles. The predicted octanol–water partition coefficient (Wildman–Crippen LogP) is 3.50. The minimum Gasteiger partial charge on any atom is -0.472 e. The lowest BCUT2D eigenvalue weighted by atomic mass is 10.0. The van der Waals surface area contributed by atoms with Crippen LogP contribution < -0.4 is 5.32 Å². The molecule has 1 atom stereocenters. The van der Waals surface area contributed by atoms with Crippen molar-refractivity contribution in [3.63, 3.8) is 0 Å². The Morgan fingerprint density at radius 2 is 2.04 bits per heavy atom. The number of nitrogens with one attached hydrogen (secondary N) is 1. The van der Waals surface area contributed by atoms with Crippen molar-refractivity contribution in [2.45, 2.75) is 38.8 Å². The molecule has 3 rings (SSSR count). The summed E-state index contributed by atoms with van der Waals surface area (Å²) in [5, 5.41) is 12.4. The number of anilines is 1. The summed E-state index contributed by atoms with van der Waals surface area (Å²) in [6.45, 7) is 7.22. The van der Waals surface area contributed by atoms with Gasteiger partial charge in [0.1, 0.15) is 0 Å². The summed E-state index contributed by atoms with van der Waals surface area (Å²) in [5.74, 6) is 0.470. The maximum atomic E-state index is 12.7. The first-order valence-corrected chi connectivity index (χ1v) is 9.58. The number of rotatable bonds is 6. The Hall–Kier alpha value is -2.31. The smallest absolute Gasteiger partial charge is 0.321 e. The van der Waals surface area contributed by atoms with E-state index < -0.39 is 0 Å². The number of nitrogens with zero attached hydrogens (tertiary/aromatic N) is 2. The number of hydrogen-bond donors (Lipinski definition) is 2. The highest BCUT2D eigenvalue weighted by atomic mass is 16.3. The van der Waals surface area contributed by atoms with Crippen LogP contribution in [-0.4, -0.2) is 53.2 Å². The molecular formula is C21H29N3O3. The topological polar surface area (TPSA) is 69.0 Å². The van der Waals surface area contributed by atoms with Crippen LogP contribution in [0, 0.1) is 0 Å². The fraction of sp³-hybridized carbons (Fsp3) is 0.476. The number of piperazine rings is 1. The SMILES string of the molecule is CC(C)c1ccc(NC(=O)N2CCN(Cc3ccoc3)[C@@H](CCO)C2)cc1. The number of carbonyl (C=O) groups is 1. The Morgan fingerprint density at radius 1 is 1.26 bits per heavy atom. The second-order valence-electron chi connectivity index (χ2n) is 7.42. The third-order valence-electron chi connectivity index (χ3n) is 5.15. The molecule has 0 bridgehead atoms. The van der Waals surface area contributed by atoms with E-state index in [1.54, 1.807) is 12.5 Å². The second kappa shape index (κ2) is 9.06. The molecule has 1 aromatic carbocycles. The maximum absolute atomic E-state index is 12.7. The molecule has 0 aliphatic carbocycles. The minimum absolute atomic E-state index is 0.0850. The summed E-state index contributed by atoms with van der Waals surface area (Å²) >= 11 is 0. The summed E-state index contributed by atoms with van der Waals surface area (Å²) in [6, 6.07) is 10.0. The van der Waals surface area contributed by atoms with Gasteiger partial charge in [-0.1, -0.05) is 26.0 Å². The summed E-state index contributed by atoms with van der Waals surface area (Å²) in [6.07, 6.45) is 4.06. The predicted molar refractivity (Wildman–Crippen MR) is 106 cm³/mol. The van der Waals surface area contributed by atoms with E-state index in [-0.39, 0.29) is 18.7 Å². The number of amides is 2. The van der Waals surface area contributed by atoms with Gasteiger partial charge in [0.05, 0.1) is 12.5 Å². The summed E-state index contributed by atoms with van der Waals surface area (Å²) < 4.78 is 5.15. The summed E-state index contributed by atoms with van der Waals surface area (Å²) in [7, 11) is 0. The van der Waals surface area contributed by atoms with E-state index in [2.05, 4.69) is 36.2 Å². The van der Waals surface area contributed by atoms with Crippen LogP contribution in [0.15, 0.2) is 47.3 Å². The zero-order valence-corrected chi connectivity index (χ0v) is 16.1. The van der Waals surface area contributed by atoms with Crippen LogP contribution in [0.4, 0.5) is 10.5 Å². The molecule has 0 saturated carbocycles. The molecular weight excluding hydrogens is 342 g/mol. The molecule has 0 unspecified atom stereocenters. The molecule has 0 spiro atoms. The highest BCUT2D eigenvalue weighted by molar-refractivity contribution is 5.89. The number of hydrogen-bond acceptors (Lipinski definition) is 4. The van der Waals surface area contributed by atoms with Gasteiger partial charge in [-0.2, -0.15) is 0 Å². The van der Waals surface area contributed by atoms with E-state index in [0.29, 0.717) is 25.4 Å². The fourth-order valence-electron chi connectivity index (χ4n) is 3.48. The Labute approximate surface area is 160 Å². The quantitative estimate of drug-likeness (QED) is 0.815. The number of urea groups is 1. The van der Waals surface area contributed by atoms with Crippen molar-refractivity contribution in [2.75, 3.05) is 31.6 Å². The Bertz CT molecular complexity index is 713. The number of furan rings is 1. The fourth-order valence-corrected chi connectivity index (χ4v) is 3.48. The van der Waals surface area contributed by atoms with Gasteiger partial charge in [-0.05, 0) is 36.1 Å². The molecule has 2 aromatic rings. The molecule has 1 aliphatic rings. The molecule has 2 amide bonds. The molecule has 1 fully saturated rings.